The fraction of sp³-hybridized carbons (Fsp3) is 0.733. The predicted molar refractivity (Wildman–Crippen MR) is 83.4 cm³/mol. The van der Waals surface area contributed by atoms with Crippen LogP contribution in [-0.2, 0) is 0 Å². The van der Waals surface area contributed by atoms with Crippen molar-refractivity contribution in [3.8, 4) is 5.88 Å². The number of ether oxygens (including phenoxy) is 1. The van der Waals surface area contributed by atoms with Crippen molar-refractivity contribution in [2.75, 3.05) is 32.6 Å². The van der Waals surface area contributed by atoms with Gasteiger partial charge >= 0.3 is 0 Å². The summed E-state index contributed by atoms with van der Waals surface area (Å²) in [6.07, 6.45) is 1.08. The number of aromatic nitrogens is 2. The summed E-state index contributed by atoms with van der Waals surface area (Å²) in [5.41, 5.74) is 0.916. The van der Waals surface area contributed by atoms with Crippen LogP contribution in [0.4, 0.5) is 5.95 Å². The summed E-state index contributed by atoms with van der Waals surface area (Å²) in [5, 5.41) is 3.44. The fourth-order valence-corrected chi connectivity index (χ4v) is 2.20. The Morgan fingerprint density at radius 2 is 2.00 bits per heavy atom. The molecule has 0 amide bonds. The summed E-state index contributed by atoms with van der Waals surface area (Å²) >= 11 is 0. The molecular formula is C15H28N4O. The van der Waals surface area contributed by atoms with E-state index >= 15 is 0 Å². The standard InChI is InChI=1S/C15H28N4O/c1-7-20-14-9-12(4)16-15(18-14)17-13(8-11(2)3)10-19(5)6/h9,11,13H,7-8,10H2,1-6H3,(H,16,17,18). The van der Waals surface area contributed by atoms with Gasteiger partial charge in [-0.3, -0.25) is 0 Å². The summed E-state index contributed by atoms with van der Waals surface area (Å²) in [6.45, 7) is 9.94. The van der Waals surface area contributed by atoms with Crippen molar-refractivity contribution in [3.63, 3.8) is 0 Å². The molecule has 1 aromatic heterocycles. The minimum absolute atomic E-state index is 0.335. The average Bonchev–Trinajstić information content (AvgIpc) is 2.26. The van der Waals surface area contributed by atoms with E-state index in [0.29, 0.717) is 30.4 Å². The summed E-state index contributed by atoms with van der Waals surface area (Å²) in [5.74, 6) is 1.92. The second kappa shape index (κ2) is 8.04. The van der Waals surface area contributed by atoms with Gasteiger partial charge in [0.1, 0.15) is 0 Å². The van der Waals surface area contributed by atoms with Crippen LogP contribution in [0.1, 0.15) is 32.9 Å². The highest BCUT2D eigenvalue weighted by atomic mass is 16.5. The van der Waals surface area contributed by atoms with Crippen molar-refractivity contribution in [2.45, 2.75) is 40.2 Å². The summed E-state index contributed by atoms with van der Waals surface area (Å²) < 4.78 is 5.47. The van der Waals surface area contributed by atoms with E-state index in [1.165, 1.54) is 0 Å². The van der Waals surface area contributed by atoms with E-state index < -0.39 is 0 Å². The van der Waals surface area contributed by atoms with E-state index in [-0.39, 0.29) is 0 Å². The number of anilines is 1. The van der Waals surface area contributed by atoms with Gasteiger partial charge < -0.3 is 15.0 Å². The van der Waals surface area contributed by atoms with Gasteiger partial charge in [-0.15, -0.1) is 0 Å². The van der Waals surface area contributed by atoms with Crippen LogP contribution < -0.4 is 10.1 Å². The summed E-state index contributed by atoms with van der Waals surface area (Å²) in [6, 6.07) is 2.19. The zero-order valence-electron chi connectivity index (χ0n) is 13.6. The molecule has 0 fully saturated rings. The molecule has 1 rings (SSSR count). The molecule has 1 unspecified atom stereocenters. The third kappa shape index (κ3) is 6.19. The Labute approximate surface area is 122 Å². The highest BCUT2D eigenvalue weighted by molar-refractivity contribution is 5.31. The van der Waals surface area contributed by atoms with Crippen molar-refractivity contribution in [1.82, 2.24) is 14.9 Å². The molecule has 0 aliphatic rings. The number of aryl methyl sites for hydroxylation is 1. The third-order valence-corrected chi connectivity index (χ3v) is 2.80. The first-order valence-corrected chi connectivity index (χ1v) is 7.30. The molecule has 0 aliphatic heterocycles. The van der Waals surface area contributed by atoms with Crippen LogP contribution in [0.25, 0.3) is 0 Å². The molecular weight excluding hydrogens is 252 g/mol. The Morgan fingerprint density at radius 3 is 2.55 bits per heavy atom. The zero-order valence-corrected chi connectivity index (χ0v) is 13.6. The van der Waals surface area contributed by atoms with Gasteiger partial charge in [0.15, 0.2) is 0 Å². The van der Waals surface area contributed by atoms with Gasteiger partial charge in [-0.25, -0.2) is 4.98 Å². The molecule has 0 spiro atoms. The quantitative estimate of drug-likeness (QED) is 0.793. The normalized spacial score (nSPS) is 12.8. The van der Waals surface area contributed by atoms with E-state index in [2.05, 4.69) is 48.1 Å². The van der Waals surface area contributed by atoms with Crippen LogP contribution in [0.15, 0.2) is 6.07 Å². The lowest BCUT2D eigenvalue weighted by Gasteiger charge is -2.24. The lowest BCUT2D eigenvalue weighted by Crippen LogP contribution is -2.34. The Hall–Kier alpha value is -1.36. The van der Waals surface area contributed by atoms with Crippen molar-refractivity contribution in [2.24, 2.45) is 5.92 Å². The molecule has 1 aromatic rings. The molecule has 5 nitrogen and oxygen atoms in total. The second-order valence-electron chi connectivity index (χ2n) is 5.84. The molecule has 114 valence electrons. The van der Waals surface area contributed by atoms with Gasteiger partial charge in [0.25, 0.3) is 0 Å². The topological polar surface area (TPSA) is 50.3 Å². The smallest absolute Gasteiger partial charge is 0.226 e. The molecule has 0 aliphatic carbocycles. The average molecular weight is 280 g/mol. The molecule has 0 saturated carbocycles. The van der Waals surface area contributed by atoms with Gasteiger partial charge in [-0.1, -0.05) is 13.8 Å². The Morgan fingerprint density at radius 1 is 1.30 bits per heavy atom. The van der Waals surface area contributed by atoms with E-state index in [4.69, 9.17) is 4.74 Å². The third-order valence-electron chi connectivity index (χ3n) is 2.80. The van der Waals surface area contributed by atoms with E-state index in [0.717, 1.165) is 18.7 Å². The minimum atomic E-state index is 0.335. The largest absolute Gasteiger partial charge is 0.478 e. The minimum Gasteiger partial charge on any atom is -0.478 e. The molecule has 20 heavy (non-hydrogen) atoms. The maximum absolute atomic E-state index is 5.47. The number of likely N-dealkylation sites (N-methyl/N-ethyl adjacent to an activating group) is 1. The highest BCUT2D eigenvalue weighted by Gasteiger charge is 2.14. The van der Waals surface area contributed by atoms with Gasteiger partial charge in [-0.05, 0) is 40.3 Å². The molecule has 0 saturated heterocycles. The Kier molecular flexibility index (Phi) is 6.71. The second-order valence-corrected chi connectivity index (χ2v) is 5.84. The first kappa shape index (κ1) is 16.7. The summed E-state index contributed by atoms with van der Waals surface area (Å²) in [4.78, 5) is 11.0. The van der Waals surface area contributed by atoms with Crippen LogP contribution in [0.2, 0.25) is 0 Å². The number of hydrogen-bond donors (Lipinski definition) is 1. The van der Waals surface area contributed by atoms with Crippen LogP contribution in [0, 0.1) is 12.8 Å². The maximum Gasteiger partial charge on any atom is 0.226 e. The lowest BCUT2D eigenvalue weighted by atomic mass is 10.0. The van der Waals surface area contributed by atoms with Gasteiger partial charge in [0.05, 0.1) is 6.61 Å². The van der Waals surface area contributed by atoms with Crippen molar-refractivity contribution >= 4 is 5.95 Å². The van der Waals surface area contributed by atoms with Gasteiger partial charge in [0.2, 0.25) is 11.8 Å². The van der Waals surface area contributed by atoms with Crippen LogP contribution in [-0.4, -0.2) is 48.2 Å². The van der Waals surface area contributed by atoms with E-state index in [9.17, 15) is 0 Å². The highest BCUT2D eigenvalue weighted by Crippen LogP contribution is 2.15. The molecule has 5 heteroatoms. The van der Waals surface area contributed by atoms with Gasteiger partial charge in [-0.2, -0.15) is 4.98 Å². The molecule has 1 atom stereocenters. The number of nitrogens with zero attached hydrogens (tertiary/aromatic N) is 3. The van der Waals surface area contributed by atoms with E-state index in [1.54, 1.807) is 0 Å². The van der Waals surface area contributed by atoms with Crippen molar-refractivity contribution < 1.29 is 4.74 Å². The summed E-state index contributed by atoms with van der Waals surface area (Å²) in [7, 11) is 4.16. The Balaban J connectivity index is 2.80. The molecule has 0 aromatic carbocycles. The van der Waals surface area contributed by atoms with Gasteiger partial charge in [0, 0.05) is 24.3 Å². The first-order valence-electron chi connectivity index (χ1n) is 7.30. The predicted octanol–water partition coefficient (Wildman–Crippen LogP) is 2.57. The zero-order chi connectivity index (χ0) is 15.1. The maximum atomic E-state index is 5.47. The molecule has 1 heterocycles. The SMILES string of the molecule is CCOc1cc(C)nc(NC(CC(C)C)CN(C)C)n1. The van der Waals surface area contributed by atoms with Crippen LogP contribution in [0.5, 0.6) is 5.88 Å². The molecule has 1 N–H and O–H groups in total. The lowest BCUT2D eigenvalue weighted by molar-refractivity contribution is 0.325. The van der Waals surface area contributed by atoms with E-state index in [1.807, 2.05) is 19.9 Å². The van der Waals surface area contributed by atoms with Crippen molar-refractivity contribution in [3.05, 3.63) is 11.8 Å². The van der Waals surface area contributed by atoms with Crippen LogP contribution in [0.3, 0.4) is 0 Å². The first-order chi connectivity index (χ1) is 9.40. The number of hydrogen-bond acceptors (Lipinski definition) is 5. The van der Waals surface area contributed by atoms with Crippen LogP contribution >= 0.6 is 0 Å². The molecule has 0 bridgehead atoms. The monoisotopic (exact) mass is 280 g/mol. The number of rotatable bonds is 8. The number of nitrogens with one attached hydrogen (secondary N) is 1. The fourth-order valence-electron chi connectivity index (χ4n) is 2.20. The Bertz CT molecular complexity index is 397. The van der Waals surface area contributed by atoms with Crippen molar-refractivity contribution in [1.29, 1.82) is 0 Å². The molecule has 0 radical (unpaired) electrons.